The lowest BCUT2D eigenvalue weighted by Crippen LogP contribution is -2.46. The van der Waals surface area contributed by atoms with Crippen molar-refractivity contribution in [2.45, 2.75) is 4.90 Å². The molecule has 2 aliphatic heterocycles. The molecule has 186 valence electrons. The second-order valence-corrected chi connectivity index (χ2v) is 9.91. The van der Waals surface area contributed by atoms with E-state index in [0.29, 0.717) is 0 Å². The molecule has 2 aliphatic rings. The van der Waals surface area contributed by atoms with Gasteiger partial charge >= 0.3 is 0 Å². The predicted octanol–water partition coefficient (Wildman–Crippen LogP) is 8.43. The van der Waals surface area contributed by atoms with Gasteiger partial charge in [-0.2, -0.15) is 11.6 Å². The van der Waals surface area contributed by atoms with Gasteiger partial charge in [-0.15, -0.1) is 0 Å². The van der Waals surface area contributed by atoms with Crippen LogP contribution in [0.5, 0.6) is 11.5 Å². The number of rotatable bonds is 2. The topological polar surface area (TPSA) is 14.2 Å². The lowest BCUT2D eigenvalue weighted by Gasteiger charge is -2.33. The zero-order valence-corrected chi connectivity index (χ0v) is 20.7. The number of hydrogen-bond acceptors (Lipinski definition) is 2. The zero-order chi connectivity index (χ0) is 45.4. The van der Waals surface area contributed by atoms with Crippen LogP contribution in [-0.2, 0) is 0 Å². The Kier molecular flexibility index (Phi) is 2.05. The highest BCUT2D eigenvalue weighted by Gasteiger charge is 2.39. The molecule has 0 unspecified atom stereocenters. The summed E-state index contributed by atoms with van der Waals surface area (Å²) in [7, 11) is 0. The maximum Gasteiger partial charge on any atom is 0.289 e. The molecular formula is C36H22BNOS. The van der Waals surface area contributed by atoms with Crippen LogP contribution in [0.4, 0.5) is 0 Å². The van der Waals surface area contributed by atoms with Gasteiger partial charge in [0.05, 0.1) is 41.2 Å². The summed E-state index contributed by atoms with van der Waals surface area (Å²) in [6.07, 6.45) is 0. The number of nitrogens with zero attached hydrogens (tertiary/aromatic N) is 1. The lowest BCUT2D eigenvalue weighted by molar-refractivity contribution is 0.488. The van der Waals surface area contributed by atoms with Crippen LogP contribution in [0.2, 0.25) is 0 Å². The molecule has 0 amide bonds. The van der Waals surface area contributed by atoms with Gasteiger partial charge in [0.1, 0.15) is 11.5 Å². The Morgan fingerprint density at radius 3 is 2.10 bits per heavy atom. The van der Waals surface area contributed by atoms with Crippen LogP contribution >= 0.6 is 11.6 Å². The van der Waals surface area contributed by atoms with Crippen LogP contribution in [0.3, 0.4) is 0 Å². The van der Waals surface area contributed by atoms with Crippen LogP contribution in [0.15, 0.2) is 138 Å². The van der Waals surface area contributed by atoms with E-state index in [0.717, 1.165) is 16.2 Å². The van der Waals surface area contributed by atoms with Crippen molar-refractivity contribution in [2.24, 2.45) is 0 Å². The third-order valence-corrected chi connectivity index (χ3v) is 7.92. The fourth-order valence-corrected chi connectivity index (χ4v) is 6.26. The van der Waals surface area contributed by atoms with Crippen molar-refractivity contribution in [3.05, 3.63) is 133 Å². The minimum Gasteiger partial charge on any atom is -0.458 e. The Hall–Kier alpha value is -4.67. The number of aromatic nitrogens is 1. The minimum absolute atomic E-state index is 0.131. The van der Waals surface area contributed by atoms with E-state index in [1.807, 2.05) is 0 Å². The van der Waals surface area contributed by atoms with E-state index in [1.54, 1.807) is 0 Å². The molecule has 2 nitrogen and oxygen atoms in total. The van der Waals surface area contributed by atoms with Crippen molar-refractivity contribution in [3.63, 3.8) is 0 Å². The molecule has 0 radical (unpaired) electrons. The average molecular weight is 550 g/mol. The van der Waals surface area contributed by atoms with Gasteiger partial charge in [-0.3, -0.25) is 0 Å². The molecule has 0 bridgehead atoms. The van der Waals surface area contributed by atoms with Gasteiger partial charge in [-0.1, -0.05) is 84.6 Å². The molecule has 0 N–H and O–H groups in total. The average Bonchev–Trinajstić information content (AvgIpc) is 3.60. The molecule has 0 spiro atoms. The molecule has 0 saturated carbocycles. The lowest BCUT2D eigenvalue weighted by atomic mass is 9.57. The molecule has 1 aromatic heterocycles. The third kappa shape index (κ3) is 3.14. The van der Waals surface area contributed by atoms with Crippen molar-refractivity contribution in [2.75, 3.05) is 0 Å². The maximum atomic E-state index is 9.81. The molecule has 4 heteroatoms. The first-order valence-corrected chi connectivity index (χ1v) is 12.7. The fourth-order valence-electron chi connectivity index (χ4n) is 5.01. The van der Waals surface area contributed by atoms with Crippen molar-refractivity contribution in [1.82, 2.24) is 4.57 Å². The predicted molar refractivity (Wildman–Crippen MR) is 169 cm³/mol. The Morgan fingerprint density at radius 1 is 0.600 bits per heavy atom. The molecule has 0 saturated heterocycles. The first-order valence-electron chi connectivity index (χ1n) is 22.8. The molecule has 0 fully saturated rings. The Bertz CT molecular complexity index is 3240. The highest BCUT2D eigenvalue weighted by atomic mass is 32.2. The fraction of sp³-hybridized carbons (Fsp3) is 0. The Balaban J connectivity index is 1.47. The van der Waals surface area contributed by atoms with Crippen LogP contribution in [0, 0.1) is 0 Å². The van der Waals surface area contributed by atoms with E-state index in [4.69, 9.17) is 28.0 Å². The van der Waals surface area contributed by atoms with E-state index in [1.165, 1.54) is 0 Å². The molecule has 7 aromatic rings. The monoisotopic (exact) mass is 549 g/mol. The van der Waals surface area contributed by atoms with E-state index in [2.05, 4.69) is 0 Å². The highest BCUT2D eigenvalue weighted by molar-refractivity contribution is 8.28. The summed E-state index contributed by atoms with van der Waals surface area (Å²) < 4.78 is 201. The summed E-state index contributed by atoms with van der Waals surface area (Å²) >= 11 is 0.732. The number of para-hydroxylation sites is 2. The summed E-state index contributed by atoms with van der Waals surface area (Å²) in [5.74, 6) is -2.42. The summed E-state index contributed by atoms with van der Waals surface area (Å²) in [4.78, 5) is -0.173. The standard InChI is InChI=1S/C36H22BNOS/c1-2-10-23(11-3-1)24-20-29-28-14-6-9-17-35(28)40-37-30-22-25(18-19-33(30)39-34(21-24)36(29)37)38-31-15-7-4-12-26(31)27-13-5-8-16-32(27)38/h1-22H/i1D,2D,3D,4D,5D,6D,7D,8D,9D,10D,11D,12D,13D,14D,15D,16D,17D,18D,19D,20D,21D,22D. The van der Waals surface area contributed by atoms with Crippen LogP contribution < -0.4 is 15.7 Å². The smallest absolute Gasteiger partial charge is 0.289 e. The Labute approximate surface area is 267 Å². The number of benzene rings is 6. The van der Waals surface area contributed by atoms with Crippen LogP contribution in [-0.4, -0.2) is 10.6 Å². The maximum absolute atomic E-state index is 9.81. The summed E-state index contributed by atoms with van der Waals surface area (Å²) in [6, 6.07) is -16.2. The molecule has 40 heavy (non-hydrogen) atoms. The van der Waals surface area contributed by atoms with Crippen LogP contribution in [0.25, 0.3) is 49.7 Å². The first-order chi connectivity index (χ1) is 29.0. The molecule has 0 atom stereocenters. The minimum atomic E-state index is -1.41. The first kappa shape index (κ1) is 9.76. The van der Waals surface area contributed by atoms with Gasteiger partial charge < -0.3 is 9.30 Å². The second-order valence-electron chi connectivity index (χ2n) is 8.80. The van der Waals surface area contributed by atoms with E-state index in [-0.39, 0.29) is 37.7 Å². The van der Waals surface area contributed by atoms with Gasteiger partial charge in [0, 0.05) is 21.4 Å². The zero-order valence-electron chi connectivity index (χ0n) is 41.8. The summed E-state index contributed by atoms with van der Waals surface area (Å²) in [5, 5.41) is -0.723. The van der Waals surface area contributed by atoms with Gasteiger partial charge in [-0.25, -0.2) is 0 Å². The van der Waals surface area contributed by atoms with Crippen molar-refractivity contribution >= 4 is 50.3 Å². The molecular weight excluding hydrogens is 505 g/mol. The van der Waals surface area contributed by atoms with Crippen LogP contribution in [0.1, 0.15) is 30.2 Å². The van der Waals surface area contributed by atoms with E-state index in [9.17, 15) is 6.85 Å². The largest absolute Gasteiger partial charge is 0.458 e. The number of ether oxygens (including phenoxy) is 1. The molecule has 3 heterocycles. The molecule has 9 rings (SSSR count). The number of hydrogen-bond donors (Lipinski definition) is 0. The van der Waals surface area contributed by atoms with Crippen molar-refractivity contribution < 1.29 is 34.9 Å². The van der Waals surface area contributed by atoms with Gasteiger partial charge in [0.15, 0.2) is 0 Å². The van der Waals surface area contributed by atoms with Gasteiger partial charge in [0.2, 0.25) is 0 Å². The summed E-state index contributed by atoms with van der Waals surface area (Å²) in [6.45, 7) is 0. The van der Waals surface area contributed by atoms with Gasteiger partial charge in [0.25, 0.3) is 5.99 Å². The Morgan fingerprint density at radius 2 is 1.30 bits per heavy atom. The third-order valence-electron chi connectivity index (χ3n) is 6.67. The molecule has 0 aliphatic carbocycles. The molecule has 6 aromatic carbocycles. The van der Waals surface area contributed by atoms with E-state index >= 15 is 0 Å². The number of fused-ring (bicyclic) bond motifs is 7. The van der Waals surface area contributed by atoms with Crippen molar-refractivity contribution in [3.8, 4) is 39.4 Å². The van der Waals surface area contributed by atoms with Gasteiger partial charge in [-0.05, 0) is 81.5 Å². The van der Waals surface area contributed by atoms with E-state index < -0.39 is 178 Å². The van der Waals surface area contributed by atoms with Crippen molar-refractivity contribution in [1.29, 1.82) is 0 Å². The normalized spacial score (nSPS) is 20.8. The summed E-state index contributed by atoms with van der Waals surface area (Å²) in [5.41, 5.74) is -3.63. The second kappa shape index (κ2) is 8.42. The quantitative estimate of drug-likeness (QED) is 0.201. The highest BCUT2D eigenvalue weighted by Crippen LogP contribution is 2.45. The SMILES string of the molecule is [2H]c1c([2H])c([2H])c(-c2c([2H])c3c4c(c2[2H])-c2c([2H])c([2H])c([2H])c([2H])c2SB4c2c([2H])c(-n4c5c([2H])c([2H])c([2H])c([2H])c5c5c([2H])c([2H])c([2H])c([2H])c54)c([2H])c([2H])c2O3)c([2H])c1[2H].